The molecule has 0 aromatic rings. The van der Waals surface area contributed by atoms with Crippen molar-refractivity contribution in [2.45, 2.75) is 89.6 Å². The largest absolute Gasteiger partial charge is 0.481 e. The minimum absolute atomic E-state index is 0.0537. The van der Waals surface area contributed by atoms with E-state index in [1.165, 1.54) is 19.3 Å². The zero-order chi connectivity index (χ0) is 23.6. The third-order valence-corrected chi connectivity index (χ3v) is 9.45. The lowest BCUT2D eigenvalue weighted by Crippen LogP contribution is -2.52. The van der Waals surface area contributed by atoms with E-state index in [9.17, 15) is 9.59 Å². The number of carbonyl (C=O) groups excluding carboxylic acids is 1. The van der Waals surface area contributed by atoms with Gasteiger partial charge < -0.3 is 15.3 Å². The number of amides is 2. The van der Waals surface area contributed by atoms with E-state index >= 15 is 0 Å². The van der Waals surface area contributed by atoms with Gasteiger partial charge in [0, 0.05) is 22.1 Å². The minimum Gasteiger partial charge on any atom is -0.481 e. The molecule has 0 bridgehead atoms. The summed E-state index contributed by atoms with van der Waals surface area (Å²) < 4.78 is 3.22. The summed E-state index contributed by atoms with van der Waals surface area (Å²) in [6, 6.07) is 0.718. The highest BCUT2D eigenvalue weighted by atomic mass is 127. The quantitative estimate of drug-likeness (QED) is 0.281. The van der Waals surface area contributed by atoms with Crippen molar-refractivity contribution in [1.29, 1.82) is 0 Å². The molecule has 2 saturated carbocycles. The number of hydrogen-bond acceptors (Lipinski definition) is 4. The Morgan fingerprint density at radius 2 is 1.88 bits per heavy atom. The zero-order valence-electron chi connectivity index (χ0n) is 19.5. The first-order valence-electron chi connectivity index (χ1n) is 12.3. The van der Waals surface area contributed by atoms with Crippen LogP contribution in [0, 0.1) is 11.8 Å². The van der Waals surface area contributed by atoms with Crippen molar-refractivity contribution < 1.29 is 14.7 Å². The highest BCUT2D eigenvalue weighted by Gasteiger charge is 2.34. The molecule has 0 radical (unpaired) electrons. The Morgan fingerprint density at radius 1 is 1.18 bits per heavy atom. The fourth-order valence-corrected chi connectivity index (χ4v) is 7.99. The predicted molar refractivity (Wildman–Crippen MR) is 148 cm³/mol. The van der Waals surface area contributed by atoms with Gasteiger partial charge in [0.15, 0.2) is 0 Å². The van der Waals surface area contributed by atoms with E-state index in [1.54, 1.807) is 23.5 Å². The number of rotatable bonds is 8. The van der Waals surface area contributed by atoms with Gasteiger partial charge in [-0.2, -0.15) is 0 Å². The summed E-state index contributed by atoms with van der Waals surface area (Å²) in [5, 5.41) is 13.1. The molecule has 33 heavy (non-hydrogen) atoms. The Bertz CT molecular complexity index is 757. The first kappa shape index (κ1) is 27.0. The van der Waals surface area contributed by atoms with E-state index in [1.807, 2.05) is 0 Å². The maximum absolute atomic E-state index is 13.7. The Balaban J connectivity index is 1.66. The molecule has 1 atom stereocenters. The van der Waals surface area contributed by atoms with Gasteiger partial charge in [0.2, 0.25) is 0 Å². The fraction of sp³-hybridized carbons (Fsp3) is 0.680. The molecule has 0 aromatic heterocycles. The SMILES string of the molecule is CC1C=C(SCCC(=O)O)SC(NC(=O)N(C2CCCCC2)C2CCC(/C=C\I)CC2)=CC1. The molecule has 2 amide bonds. The molecule has 3 rings (SSSR count). The Labute approximate surface area is 220 Å². The Morgan fingerprint density at radius 3 is 2.55 bits per heavy atom. The maximum Gasteiger partial charge on any atom is 0.322 e. The monoisotopic (exact) mass is 604 g/mol. The van der Waals surface area contributed by atoms with Gasteiger partial charge in [0.25, 0.3) is 0 Å². The summed E-state index contributed by atoms with van der Waals surface area (Å²) in [5.41, 5.74) is 0. The molecule has 1 aliphatic heterocycles. The van der Waals surface area contributed by atoms with Crippen LogP contribution in [0.1, 0.15) is 77.6 Å². The minimum atomic E-state index is -0.773. The number of aliphatic carboxylic acids is 1. The summed E-state index contributed by atoms with van der Waals surface area (Å²) in [6.45, 7) is 2.16. The lowest BCUT2D eigenvalue weighted by Gasteiger charge is -2.42. The number of hydrogen-bond donors (Lipinski definition) is 2. The molecule has 3 aliphatic rings. The number of allylic oxidation sites excluding steroid dienone is 3. The van der Waals surface area contributed by atoms with E-state index in [2.05, 4.69) is 62.0 Å². The molecule has 0 aromatic carbocycles. The van der Waals surface area contributed by atoms with Crippen LogP contribution in [0.5, 0.6) is 0 Å². The van der Waals surface area contributed by atoms with Gasteiger partial charge in [0.1, 0.15) is 0 Å². The van der Waals surface area contributed by atoms with E-state index in [4.69, 9.17) is 5.11 Å². The number of urea groups is 1. The number of thioether (sulfide) groups is 2. The highest BCUT2D eigenvalue weighted by Crippen LogP contribution is 2.39. The summed E-state index contributed by atoms with van der Waals surface area (Å²) in [6.07, 6.45) is 18.1. The van der Waals surface area contributed by atoms with Crippen molar-refractivity contribution in [3.63, 3.8) is 0 Å². The van der Waals surface area contributed by atoms with Crippen LogP contribution in [0.2, 0.25) is 0 Å². The van der Waals surface area contributed by atoms with Crippen molar-refractivity contribution >= 4 is 58.1 Å². The molecule has 0 spiro atoms. The maximum atomic E-state index is 13.7. The Kier molecular flexibility index (Phi) is 11.5. The van der Waals surface area contributed by atoms with Crippen LogP contribution in [-0.4, -0.2) is 39.8 Å². The van der Waals surface area contributed by atoms with Gasteiger partial charge in [-0.15, -0.1) is 11.8 Å². The van der Waals surface area contributed by atoms with Gasteiger partial charge >= 0.3 is 12.0 Å². The van der Waals surface area contributed by atoms with Crippen molar-refractivity contribution in [2.24, 2.45) is 11.8 Å². The van der Waals surface area contributed by atoms with Crippen LogP contribution in [0.25, 0.3) is 0 Å². The van der Waals surface area contributed by atoms with Gasteiger partial charge in [0.05, 0.1) is 11.4 Å². The first-order chi connectivity index (χ1) is 16.0. The lowest BCUT2D eigenvalue weighted by atomic mass is 9.83. The lowest BCUT2D eigenvalue weighted by molar-refractivity contribution is -0.136. The zero-order valence-corrected chi connectivity index (χ0v) is 23.3. The summed E-state index contributed by atoms with van der Waals surface area (Å²) in [7, 11) is 0. The summed E-state index contributed by atoms with van der Waals surface area (Å²) in [5.74, 6) is 0.790. The average molecular weight is 605 g/mol. The Hall–Kier alpha value is -0.610. The van der Waals surface area contributed by atoms with E-state index in [0.717, 1.165) is 54.2 Å². The molecule has 1 unspecified atom stereocenters. The molecule has 2 N–H and O–H groups in total. The highest BCUT2D eigenvalue weighted by molar-refractivity contribution is 14.1. The molecule has 1 heterocycles. The van der Waals surface area contributed by atoms with E-state index in [-0.39, 0.29) is 12.5 Å². The molecule has 2 aliphatic carbocycles. The molecular weight excluding hydrogens is 567 g/mol. The topological polar surface area (TPSA) is 69.6 Å². The number of nitrogens with one attached hydrogen (secondary N) is 1. The van der Waals surface area contributed by atoms with Crippen LogP contribution < -0.4 is 5.32 Å². The van der Waals surface area contributed by atoms with Crippen molar-refractivity contribution in [3.05, 3.63) is 31.6 Å². The summed E-state index contributed by atoms with van der Waals surface area (Å²) in [4.78, 5) is 26.8. The van der Waals surface area contributed by atoms with Crippen molar-refractivity contribution in [2.75, 3.05) is 5.75 Å². The van der Waals surface area contributed by atoms with Gasteiger partial charge in [-0.05, 0) is 60.9 Å². The molecular formula is C25H37IN2O3S2. The normalized spacial score (nSPS) is 26.9. The number of carboxylic acid groups (broad SMARTS) is 1. The number of carboxylic acids is 1. The van der Waals surface area contributed by atoms with Crippen LogP contribution in [0.4, 0.5) is 4.79 Å². The van der Waals surface area contributed by atoms with Crippen LogP contribution in [-0.2, 0) is 4.79 Å². The average Bonchev–Trinajstić information content (AvgIpc) is 2.96. The smallest absolute Gasteiger partial charge is 0.322 e. The third-order valence-electron chi connectivity index (χ3n) is 6.78. The second-order valence-electron chi connectivity index (χ2n) is 9.38. The van der Waals surface area contributed by atoms with E-state index in [0.29, 0.717) is 29.7 Å². The van der Waals surface area contributed by atoms with Crippen LogP contribution in [0.3, 0.4) is 0 Å². The van der Waals surface area contributed by atoms with Crippen LogP contribution >= 0.6 is 46.1 Å². The molecule has 5 nitrogen and oxygen atoms in total. The second kappa shape index (κ2) is 14.1. The van der Waals surface area contributed by atoms with Crippen molar-refractivity contribution in [1.82, 2.24) is 10.2 Å². The predicted octanol–water partition coefficient (Wildman–Crippen LogP) is 7.50. The van der Waals surface area contributed by atoms with Crippen molar-refractivity contribution in [3.8, 4) is 0 Å². The molecule has 0 saturated heterocycles. The standard InChI is InChI=1S/C25H37IN2O3S2/c1-18-7-12-22(33-24(17-18)32-16-14-23(29)30)27-25(31)28(20-5-3-2-4-6-20)21-10-8-19(9-11-21)13-15-26/h12-13,15,17-21H,2-11,14,16H2,1H3,(H,27,31)(H,29,30)/b15-13-. The molecule has 8 heteroatoms. The number of carbonyl (C=O) groups is 2. The third kappa shape index (κ3) is 8.84. The number of halogens is 1. The van der Waals surface area contributed by atoms with Gasteiger partial charge in [-0.25, -0.2) is 4.79 Å². The van der Waals surface area contributed by atoms with Gasteiger partial charge in [-0.3, -0.25) is 4.79 Å². The number of nitrogens with zero attached hydrogens (tertiary/aromatic N) is 1. The first-order valence-corrected chi connectivity index (χ1v) is 15.3. The second-order valence-corrected chi connectivity index (χ2v) is 12.6. The van der Waals surface area contributed by atoms with Crippen LogP contribution in [0.15, 0.2) is 31.6 Å². The van der Waals surface area contributed by atoms with Gasteiger partial charge in [-0.1, -0.05) is 78.8 Å². The molecule has 2 fully saturated rings. The fourth-order valence-electron chi connectivity index (χ4n) is 5.00. The molecule has 184 valence electrons. The van der Waals surface area contributed by atoms with E-state index < -0.39 is 5.97 Å². The summed E-state index contributed by atoms with van der Waals surface area (Å²) >= 11 is 5.45.